The molecule has 0 spiro atoms. The van der Waals surface area contributed by atoms with Crippen molar-refractivity contribution in [2.24, 2.45) is 0 Å². The van der Waals surface area contributed by atoms with Gasteiger partial charge in [-0.15, -0.1) is 0 Å². The smallest absolute Gasteiger partial charge is 0.303 e. The zero-order valence-corrected chi connectivity index (χ0v) is 10.6. The SMILES string of the molecule is CN(C)CC(=O)Nc1cccc(CCC(=O)O)c1. The van der Waals surface area contributed by atoms with E-state index in [2.05, 4.69) is 5.32 Å². The van der Waals surface area contributed by atoms with Crippen molar-refractivity contribution >= 4 is 17.6 Å². The highest BCUT2D eigenvalue weighted by Crippen LogP contribution is 2.12. The summed E-state index contributed by atoms with van der Waals surface area (Å²) in [5.74, 6) is -0.910. The zero-order chi connectivity index (χ0) is 13.5. The van der Waals surface area contributed by atoms with Crippen molar-refractivity contribution in [2.45, 2.75) is 12.8 Å². The fourth-order valence-electron chi connectivity index (χ4n) is 1.54. The molecule has 1 aromatic carbocycles. The lowest BCUT2D eigenvalue weighted by Crippen LogP contribution is -2.27. The number of hydrogen-bond acceptors (Lipinski definition) is 3. The van der Waals surface area contributed by atoms with Crippen molar-refractivity contribution in [3.8, 4) is 0 Å². The number of likely N-dealkylation sites (N-methyl/N-ethyl adjacent to an activating group) is 1. The van der Waals surface area contributed by atoms with E-state index >= 15 is 0 Å². The Balaban J connectivity index is 2.59. The van der Waals surface area contributed by atoms with Gasteiger partial charge in [0.05, 0.1) is 6.54 Å². The first kappa shape index (κ1) is 14.2. The third kappa shape index (κ3) is 5.45. The quantitative estimate of drug-likeness (QED) is 0.796. The summed E-state index contributed by atoms with van der Waals surface area (Å²) in [7, 11) is 3.64. The van der Waals surface area contributed by atoms with Gasteiger partial charge in [0.25, 0.3) is 0 Å². The van der Waals surface area contributed by atoms with E-state index < -0.39 is 5.97 Å². The highest BCUT2D eigenvalue weighted by Gasteiger charge is 2.05. The number of carboxylic acids is 1. The van der Waals surface area contributed by atoms with Gasteiger partial charge in [0.15, 0.2) is 0 Å². The van der Waals surface area contributed by atoms with Crippen LogP contribution < -0.4 is 5.32 Å². The molecule has 0 saturated heterocycles. The number of nitrogens with zero attached hydrogens (tertiary/aromatic N) is 1. The number of benzene rings is 1. The lowest BCUT2D eigenvalue weighted by molar-refractivity contribution is -0.137. The monoisotopic (exact) mass is 250 g/mol. The van der Waals surface area contributed by atoms with Gasteiger partial charge in [0.2, 0.25) is 5.91 Å². The Bertz CT molecular complexity index is 430. The van der Waals surface area contributed by atoms with E-state index in [-0.39, 0.29) is 12.3 Å². The van der Waals surface area contributed by atoms with Gasteiger partial charge in [-0.3, -0.25) is 9.59 Å². The van der Waals surface area contributed by atoms with Crippen LogP contribution in [0.1, 0.15) is 12.0 Å². The van der Waals surface area contributed by atoms with Crippen LogP contribution in [-0.4, -0.2) is 42.5 Å². The third-order valence-corrected chi connectivity index (χ3v) is 2.30. The molecule has 0 saturated carbocycles. The first-order valence-corrected chi connectivity index (χ1v) is 5.72. The summed E-state index contributed by atoms with van der Waals surface area (Å²) >= 11 is 0. The Morgan fingerprint density at radius 3 is 2.67 bits per heavy atom. The molecule has 0 unspecified atom stereocenters. The summed E-state index contributed by atoms with van der Waals surface area (Å²) in [5, 5.41) is 11.4. The molecule has 1 aromatic rings. The maximum absolute atomic E-state index is 11.6. The summed E-state index contributed by atoms with van der Waals surface area (Å²) < 4.78 is 0. The van der Waals surface area contributed by atoms with Crippen LogP contribution >= 0.6 is 0 Å². The van der Waals surface area contributed by atoms with E-state index in [9.17, 15) is 9.59 Å². The first-order valence-electron chi connectivity index (χ1n) is 5.72. The molecular weight excluding hydrogens is 232 g/mol. The number of rotatable bonds is 6. The standard InChI is InChI=1S/C13H18N2O3/c1-15(2)9-12(16)14-11-5-3-4-10(8-11)6-7-13(17)18/h3-5,8H,6-7,9H2,1-2H3,(H,14,16)(H,17,18). The number of carbonyl (C=O) groups is 2. The molecule has 2 N–H and O–H groups in total. The molecule has 0 heterocycles. The molecule has 0 radical (unpaired) electrons. The van der Waals surface area contributed by atoms with E-state index in [4.69, 9.17) is 5.11 Å². The highest BCUT2D eigenvalue weighted by atomic mass is 16.4. The molecule has 0 aliphatic rings. The number of nitrogens with one attached hydrogen (secondary N) is 1. The van der Waals surface area contributed by atoms with Gasteiger partial charge in [-0.1, -0.05) is 12.1 Å². The van der Waals surface area contributed by atoms with Gasteiger partial charge in [0.1, 0.15) is 0 Å². The van der Waals surface area contributed by atoms with Crippen LogP contribution in [0.3, 0.4) is 0 Å². The zero-order valence-electron chi connectivity index (χ0n) is 10.6. The molecule has 1 rings (SSSR count). The van der Waals surface area contributed by atoms with E-state index in [1.807, 2.05) is 26.2 Å². The number of aliphatic carboxylic acids is 1. The molecular formula is C13H18N2O3. The normalized spacial score (nSPS) is 10.4. The lowest BCUT2D eigenvalue weighted by atomic mass is 10.1. The molecule has 0 atom stereocenters. The predicted octanol–water partition coefficient (Wildman–Crippen LogP) is 1.20. The van der Waals surface area contributed by atoms with Crippen molar-refractivity contribution in [3.05, 3.63) is 29.8 Å². The van der Waals surface area contributed by atoms with E-state index in [0.717, 1.165) is 5.56 Å². The van der Waals surface area contributed by atoms with Crippen LogP contribution in [0.2, 0.25) is 0 Å². The van der Waals surface area contributed by atoms with Crippen molar-refractivity contribution in [1.82, 2.24) is 4.90 Å². The Kier molecular flexibility index (Phi) is 5.32. The molecule has 0 aliphatic carbocycles. The molecule has 5 nitrogen and oxygen atoms in total. The van der Waals surface area contributed by atoms with Gasteiger partial charge < -0.3 is 15.3 Å². The molecule has 0 aliphatic heterocycles. The van der Waals surface area contributed by atoms with Gasteiger partial charge >= 0.3 is 5.97 Å². The first-order chi connectivity index (χ1) is 8.47. The number of anilines is 1. The minimum absolute atomic E-state index is 0.0876. The summed E-state index contributed by atoms with van der Waals surface area (Å²) in [4.78, 5) is 23.8. The predicted molar refractivity (Wildman–Crippen MR) is 69.6 cm³/mol. The fourth-order valence-corrected chi connectivity index (χ4v) is 1.54. The second-order valence-corrected chi connectivity index (χ2v) is 4.38. The molecule has 0 aromatic heterocycles. The number of aryl methyl sites for hydroxylation is 1. The Hall–Kier alpha value is -1.88. The third-order valence-electron chi connectivity index (χ3n) is 2.30. The van der Waals surface area contributed by atoms with E-state index in [1.54, 1.807) is 17.0 Å². The van der Waals surface area contributed by atoms with Crippen molar-refractivity contribution < 1.29 is 14.7 Å². The minimum atomic E-state index is -0.822. The summed E-state index contributed by atoms with van der Waals surface area (Å²) in [6.45, 7) is 0.319. The van der Waals surface area contributed by atoms with Gasteiger partial charge in [-0.05, 0) is 38.2 Å². The maximum Gasteiger partial charge on any atom is 0.303 e. The second-order valence-electron chi connectivity index (χ2n) is 4.38. The molecule has 5 heteroatoms. The molecule has 0 bridgehead atoms. The van der Waals surface area contributed by atoms with Crippen LogP contribution in [-0.2, 0) is 16.0 Å². The number of carboxylic acid groups (broad SMARTS) is 1. The summed E-state index contributed by atoms with van der Waals surface area (Å²) in [5.41, 5.74) is 1.60. The van der Waals surface area contributed by atoms with Crippen LogP contribution in [0, 0.1) is 0 Å². The molecule has 1 amide bonds. The Morgan fingerprint density at radius 2 is 2.06 bits per heavy atom. The molecule has 98 valence electrons. The maximum atomic E-state index is 11.6. The van der Waals surface area contributed by atoms with Crippen LogP contribution in [0.5, 0.6) is 0 Å². The Morgan fingerprint density at radius 1 is 1.33 bits per heavy atom. The van der Waals surface area contributed by atoms with E-state index in [1.165, 1.54) is 0 Å². The van der Waals surface area contributed by atoms with Crippen LogP contribution in [0.4, 0.5) is 5.69 Å². The van der Waals surface area contributed by atoms with Gasteiger partial charge in [-0.25, -0.2) is 0 Å². The highest BCUT2D eigenvalue weighted by molar-refractivity contribution is 5.92. The lowest BCUT2D eigenvalue weighted by Gasteiger charge is -2.10. The minimum Gasteiger partial charge on any atom is -0.481 e. The summed E-state index contributed by atoms with van der Waals surface area (Å²) in [6.07, 6.45) is 0.557. The number of carbonyl (C=O) groups excluding carboxylic acids is 1. The van der Waals surface area contributed by atoms with Gasteiger partial charge in [0, 0.05) is 12.1 Å². The van der Waals surface area contributed by atoms with Crippen molar-refractivity contribution in [2.75, 3.05) is 26.0 Å². The van der Waals surface area contributed by atoms with E-state index in [0.29, 0.717) is 18.7 Å². The average Bonchev–Trinajstić information content (AvgIpc) is 2.25. The fraction of sp³-hybridized carbons (Fsp3) is 0.385. The second kappa shape index (κ2) is 6.76. The van der Waals surface area contributed by atoms with Crippen molar-refractivity contribution in [1.29, 1.82) is 0 Å². The largest absolute Gasteiger partial charge is 0.481 e. The molecule has 18 heavy (non-hydrogen) atoms. The van der Waals surface area contributed by atoms with Crippen LogP contribution in [0.25, 0.3) is 0 Å². The van der Waals surface area contributed by atoms with Crippen LogP contribution in [0.15, 0.2) is 24.3 Å². The Labute approximate surface area is 106 Å². The number of amides is 1. The van der Waals surface area contributed by atoms with Gasteiger partial charge in [-0.2, -0.15) is 0 Å². The average molecular weight is 250 g/mol. The number of hydrogen-bond donors (Lipinski definition) is 2. The molecule has 0 fully saturated rings. The summed E-state index contributed by atoms with van der Waals surface area (Å²) in [6, 6.07) is 7.25. The topological polar surface area (TPSA) is 69.6 Å². The van der Waals surface area contributed by atoms with Crippen molar-refractivity contribution in [3.63, 3.8) is 0 Å².